The molecule has 24 heavy (non-hydrogen) atoms. The van der Waals surface area contributed by atoms with Gasteiger partial charge in [0.1, 0.15) is 0 Å². The van der Waals surface area contributed by atoms with Crippen molar-refractivity contribution in [3.8, 4) is 0 Å². The minimum atomic E-state index is -0.357. The molecule has 0 atom stereocenters. The van der Waals surface area contributed by atoms with Crippen LogP contribution in [0.1, 0.15) is 50.5 Å². The van der Waals surface area contributed by atoms with Crippen LogP contribution in [-0.2, 0) is 20.9 Å². The molecule has 1 aliphatic rings. The second-order valence-corrected chi connectivity index (χ2v) is 6.21. The zero-order chi connectivity index (χ0) is 17.2. The fraction of sp³-hybridized carbons (Fsp3) is 0.500. The predicted molar refractivity (Wildman–Crippen MR) is 90.4 cm³/mol. The average molecular weight is 331 g/mol. The van der Waals surface area contributed by atoms with Gasteiger partial charge in [0.2, 0.25) is 17.7 Å². The molecule has 2 rings (SSSR count). The Hall–Kier alpha value is -2.37. The molecule has 1 aromatic rings. The summed E-state index contributed by atoms with van der Waals surface area (Å²) in [5, 5.41) is 2.76. The molecule has 1 saturated carbocycles. The van der Waals surface area contributed by atoms with Gasteiger partial charge in [0.15, 0.2) is 0 Å². The third kappa shape index (κ3) is 6.81. The molecule has 0 spiro atoms. The van der Waals surface area contributed by atoms with Crippen LogP contribution in [0, 0.1) is 5.92 Å². The standard InChI is InChI=1S/C18H25N3O3/c22-16(19-13-15-8-2-1-3-9-15)10-11-17(23)20-21-18(24)12-14-6-4-5-7-14/h1-3,8-9,14H,4-7,10-13H2,(H,19,22)(H,20,23)(H,21,24). The molecule has 0 radical (unpaired) electrons. The zero-order valence-corrected chi connectivity index (χ0v) is 13.8. The SMILES string of the molecule is O=C(CCC(=O)NNC(=O)CC1CCCC1)NCc1ccccc1. The normalized spacial score (nSPS) is 14.2. The lowest BCUT2D eigenvalue weighted by Gasteiger charge is -2.10. The summed E-state index contributed by atoms with van der Waals surface area (Å²) in [6.07, 6.45) is 5.13. The molecule has 0 aliphatic heterocycles. The maximum atomic E-state index is 11.7. The summed E-state index contributed by atoms with van der Waals surface area (Å²) in [7, 11) is 0. The molecule has 1 fully saturated rings. The molecular weight excluding hydrogens is 306 g/mol. The Bertz CT molecular complexity index is 554. The molecule has 3 amide bonds. The number of hydrazine groups is 1. The highest BCUT2D eigenvalue weighted by Crippen LogP contribution is 2.27. The van der Waals surface area contributed by atoms with Crippen LogP contribution in [0.4, 0.5) is 0 Å². The largest absolute Gasteiger partial charge is 0.352 e. The van der Waals surface area contributed by atoms with E-state index in [2.05, 4.69) is 16.2 Å². The quantitative estimate of drug-likeness (QED) is 0.666. The van der Waals surface area contributed by atoms with E-state index >= 15 is 0 Å². The third-order valence-electron chi connectivity index (χ3n) is 4.20. The van der Waals surface area contributed by atoms with Crippen LogP contribution in [0.25, 0.3) is 0 Å². The van der Waals surface area contributed by atoms with Crippen LogP contribution in [-0.4, -0.2) is 17.7 Å². The van der Waals surface area contributed by atoms with Gasteiger partial charge in [-0.3, -0.25) is 25.2 Å². The minimum absolute atomic E-state index is 0.0460. The maximum Gasteiger partial charge on any atom is 0.238 e. The van der Waals surface area contributed by atoms with Crippen LogP contribution in [0.15, 0.2) is 30.3 Å². The number of benzene rings is 1. The van der Waals surface area contributed by atoms with Crippen molar-refractivity contribution in [2.45, 2.75) is 51.5 Å². The summed E-state index contributed by atoms with van der Waals surface area (Å²) in [5.41, 5.74) is 5.80. The second-order valence-electron chi connectivity index (χ2n) is 6.21. The number of nitrogens with one attached hydrogen (secondary N) is 3. The molecule has 1 aromatic carbocycles. The molecular formula is C18H25N3O3. The van der Waals surface area contributed by atoms with E-state index in [-0.39, 0.29) is 30.6 Å². The van der Waals surface area contributed by atoms with E-state index in [9.17, 15) is 14.4 Å². The van der Waals surface area contributed by atoms with Crippen LogP contribution >= 0.6 is 0 Å². The summed E-state index contributed by atoms with van der Waals surface area (Å²) in [6.45, 7) is 0.444. The highest BCUT2D eigenvalue weighted by atomic mass is 16.2. The molecule has 0 heterocycles. The van der Waals surface area contributed by atoms with Crippen molar-refractivity contribution in [1.82, 2.24) is 16.2 Å². The van der Waals surface area contributed by atoms with Crippen LogP contribution in [0.3, 0.4) is 0 Å². The highest BCUT2D eigenvalue weighted by Gasteiger charge is 2.18. The zero-order valence-electron chi connectivity index (χ0n) is 13.8. The number of rotatable bonds is 7. The Morgan fingerprint density at radius 2 is 1.50 bits per heavy atom. The number of hydrogen-bond acceptors (Lipinski definition) is 3. The summed E-state index contributed by atoms with van der Waals surface area (Å²) in [6, 6.07) is 9.57. The van der Waals surface area contributed by atoms with Crippen molar-refractivity contribution in [3.05, 3.63) is 35.9 Å². The topological polar surface area (TPSA) is 87.3 Å². The molecule has 6 nitrogen and oxygen atoms in total. The molecule has 3 N–H and O–H groups in total. The number of hydrogen-bond donors (Lipinski definition) is 3. The van der Waals surface area contributed by atoms with E-state index in [0.29, 0.717) is 18.9 Å². The third-order valence-corrected chi connectivity index (χ3v) is 4.20. The predicted octanol–water partition coefficient (Wildman–Crippen LogP) is 1.81. The monoisotopic (exact) mass is 331 g/mol. The van der Waals surface area contributed by atoms with Crippen LogP contribution in [0.2, 0.25) is 0 Å². The first-order valence-corrected chi connectivity index (χ1v) is 8.52. The first-order valence-electron chi connectivity index (χ1n) is 8.52. The molecule has 0 bridgehead atoms. The van der Waals surface area contributed by atoms with Crippen molar-refractivity contribution in [1.29, 1.82) is 0 Å². The van der Waals surface area contributed by atoms with Gasteiger partial charge in [-0.2, -0.15) is 0 Å². The Kier molecular flexibility index (Phi) is 7.26. The van der Waals surface area contributed by atoms with Gasteiger partial charge in [0.25, 0.3) is 0 Å². The van der Waals surface area contributed by atoms with Crippen molar-refractivity contribution in [2.24, 2.45) is 5.92 Å². The number of carbonyl (C=O) groups excluding carboxylic acids is 3. The van der Waals surface area contributed by atoms with E-state index in [1.165, 1.54) is 12.8 Å². The summed E-state index contributed by atoms with van der Waals surface area (Å²) < 4.78 is 0. The smallest absolute Gasteiger partial charge is 0.238 e. The van der Waals surface area contributed by atoms with E-state index < -0.39 is 0 Å². The lowest BCUT2D eigenvalue weighted by Crippen LogP contribution is -2.42. The van der Waals surface area contributed by atoms with E-state index in [1.54, 1.807) is 0 Å². The maximum absolute atomic E-state index is 11.7. The van der Waals surface area contributed by atoms with Crippen LogP contribution in [0.5, 0.6) is 0 Å². The summed E-state index contributed by atoms with van der Waals surface area (Å²) >= 11 is 0. The van der Waals surface area contributed by atoms with Gasteiger partial charge in [-0.1, -0.05) is 43.2 Å². The lowest BCUT2D eigenvalue weighted by molar-refractivity contribution is -0.130. The Balaban J connectivity index is 1.55. The van der Waals surface area contributed by atoms with Gasteiger partial charge in [-0.15, -0.1) is 0 Å². The fourth-order valence-corrected chi connectivity index (χ4v) is 2.84. The molecule has 130 valence electrons. The van der Waals surface area contributed by atoms with Crippen molar-refractivity contribution >= 4 is 17.7 Å². The molecule has 0 aromatic heterocycles. The van der Waals surface area contributed by atoms with Gasteiger partial charge < -0.3 is 5.32 Å². The van der Waals surface area contributed by atoms with Crippen molar-refractivity contribution in [3.63, 3.8) is 0 Å². The molecule has 0 unspecified atom stereocenters. The molecule has 6 heteroatoms. The molecule has 0 saturated heterocycles. The fourth-order valence-electron chi connectivity index (χ4n) is 2.84. The summed E-state index contributed by atoms with van der Waals surface area (Å²) in [5.74, 6) is -0.273. The highest BCUT2D eigenvalue weighted by molar-refractivity contribution is 5.85. The molecule has 1 aliphatic carbocycles. The van der Waals surface area contributed by atoms with Gasteiger partial charge >= 0.3 is 0 Å². The van der Waals surface area contributed by atoms with Gasteiger partial charge in [0, 0.05) is 25.8 Å². The Morgan fingerprint density at radius 3 is 2.21 bits per heavy atom. The summed E-state index contributed by atoms with van der Waals surface area (Å²) in [4.78, 5) is 35.1. The van der Waals surface area contributed by atoms with Gasteiger partial charge in [-0.05, 0) is 24.3 Å². The lowest BCUT2D eigenvalue weighted by atomic mass is 10.0. The van der Waals surface area contributed by atoms with E-state index in [4.69, 9.17) is 0 Å². The first kappa shape index (κ1) is 18.0. The van der Waals surface area contributed by atoms with Crippen molar-refractivity contribution in [2.75, 3.05) is 0 Å². The minimum Gasteiger partial charge on any atom is -0.352 e. The van der Waals surface area contributed by atoms with E-state index in [0.717, 1.165) is 18.4 Å². The Morgan fingerprint density at radius 1 is 0.875 bits per heavy atom. The van der Waals surface area contributed by atoms with Crippen LogP contribution < -0.4 is 16.2 Å². The van der Waals surface area contributed by atoms with Gasteiger partial charge in [0.05, 0.1) is 0 Å². The Labute approximate surface area is 142 Å². The number of amides is 3. The average Bonchev–Trinajstić information content (AvgIpc) is 3.10. The number of carbonyl (C=O) groups is 3. The van der Waals surface area contributed by atoms with E-state index in [1.807, 2.05) is 30.3 Å². The van der Waals surface area contributed by atoms with Crippen molar-refractivity contribution < 1.29 is 14.4 Å². The second kappa shape index (κ2) is 9.70. The van der Waals surface area contributed by atoms with Gasteiger partial charge in [-0.25, -0.2) is 0 Å². The first-order chi connectivity index (χ1) is 11.6.